The van der Waals surface area contributed by atoms with Crippen LogP contribution in [-0.2, 0) is 19.4 Å². The normalized spacial score (nSPS) is 18.9. The Morgan fingerprint density at radius 2 is 1.88 bits per heavy atom. The first-order valence-corrected chi connectivity index (χ1v) is 8.62. The van der Waals surface area contributed by atoms with Crippen molar-refractivity contribution in [1.82, 2.24) is 4.90 Å². The number of rotatable bonds is 2. The summed E-state index contributed by atoms with van der Waals surface area (Å²) in [7, 11) is 3.12. The molecule has 6 heteroatoms. The molecule has 2 heterocycles. The lowest BCUT2D eigenvalue weighted by molar-refractivity contribution is 0.157. The van der Waals surface area contributed by atoms with E-state index < -0.39 is 0 Å². The summed E-state index contributed by atoms with van der Waals surface area (Å²) in [4.78, 5) is 2.34. The van der Waals surface area contributed by atoms with E-state index >= 15 is 0 Å². The molecule has 2 aromatic carbocycles. The van der Waals surface area contributed by atoms with Crippen molar-refractivity contribution < 1.29 is 19.7 Å². The molecular formula is C19H20ClNO4. The number of halogens is 1. The van der Waals surface area contributed by atoms with Crippen LogP contribution in [0.3, 0.4) is 0 Å². The van der Waals surface area contributed by atoms with Gasteiger partial charge in [0, 0.05) is 35.8 Å². The molecule has 1 unspecified atom stereocenters. The second-order valence-corrected chi connectivity index (χ2v) is 6.94. The molecule has 0 radical (unpaired) electrons. The molecule has 2 N–H and O–H groups in total. The second kappa shape index (κ2) is 6.00. The average Bonchev–Trinajstić information content (AvgIpc) is 2.60. The SMILES string of the molecule is COc1cc2c(cc1O)C1Cc3c(Cl)cc(O)c(OC)c3CN1CC2. The van der Waals surface area contributed by atoms with E-state index in [0.29, 0.717) is 29.5 Å². The fraction of sp³-hybridized carbons (Fsp3) is 0.368. The number of aromatic hydroxyl groups is 2. The Balaban J connectivity index is 1.81. The Bertz CT molecular complexity index is 852. The van der Waals surface area contributed by atoms with Gasteiger partial charge in [-0.15, -0.1) is 0 Å². The second-order valence-electron chi connectivity index (χ2n) is 6.53. The van der Waals surface area contributed by atoms with Gasteiger partial charge in [-0.1, -0.05) is 11.6 Å². The fourth-order valence-electron chi connectivity index (χ4n) is 4.08. The number of hydrogen-bond donors (Lipinski definition) is 2. The van der Waals surface area contributed by atoms with E-state index in [-0.39, 0.29) is 17.5 Å². The van der Waals surface area contributed by atoms with Crippen molar-refractivity contribution in [2.45, 2.75) is 25.4 Å². The van der Waals surface area contributed by atoms with Crippen LogP contribution < -0.4 is 9.47 Å². The van der Waals surface area contributed by atoms with Crippen molar-refractivity contribution in [3.63, 3.8) is 0 Å². The zero-order chi connectivity index (χ0) is 17.7. The molecule has 0 saturated heterocycles. The van der Waals surface area contributed by atoms with Gasteiger partial charge in [-0.3, -0.25) is 4.90 Å². The largest absolute Gasteiger partial charge is 0.504 e. The monoisotopic (exact) mass is 361 g/mol. The van der Waals surface area contributed by atoms with Crippen molar-refractivity contribution in [2.24, 2.45) is 0 Å². The lowest BCUT2D eigenvalue weighted by Crippen LogP contribution is -2.39. The number of ether oxygens (including phenoxy) is 2. The Kier molecular flexibility index (Phi) is 3.93. The first kappa shape index (κ1) is 16.4. The summed E-state index contributed by atoms with van der Waals surface area (Å²) in [6.07, 6.45) is 1.59. The number of nitrogens with zero attached hydrogens (tertiary/aromatic N) is 1. The molecule has 0 amide bonds. The molecule has 0 aromatic heterocycles. The number of phenols is 2. The minimum absolute atomic E-state index is 0.0736. The van der Waals surface area contributed by atoms with Crippen LogP contribution in [0.2, 0.25) is 5.02 Å². The zero-order valence-electron chi connectivity index (χ0n) is 14.2. The van der Waals surface area contributed by atoms with Crippen molar-refractivity contribution >= 4 is 11.6 Å². The van der Waals surface area contributed by atoms with E-state index in [9.17, 15) is 10.2 Å². The van der Waals surface area contributed by atoms with Gasteiger partial charge in [0.2, 0.25) is 0 Å². The molecule has 25 heavy (non-hydrogen) atoms. The smallest absolute Gasteiger partial charge is 0.165 e. The standard InChI is InChI=1S/C19H20ClNO4/c1-24-18-5-10-3-4-21-9-13-12(6-15(21)11(10)7-16(18)22)14(20)8-17(23)19(13)25-2/h5,7-8,15,22-23H,3-4,6,9H2,1-2H3. The maximum absolute atomic E-state index is 10.2. The van der Waals surface area contributed by atoms with Gasteiger partial charge >= 0.3 is 0 Å². The third kappa shape index (κ3) is 2.50. The molecule has 2 aliphatic rings. The molecule has 2 aliphatic heterocycles. The molecule has 0 saturated carbocycles. The zero-order valence-corrected chi connectivity index (χ0v) is 14.9. The number of benzene rings is 2. The number of hydrogen-bond acceptors (Lipinski definition) is 5. The summed E-state index contributed by atoms with van der Waals surface area (Å²) in [6, 6.07) is 5.42. The molecular weight excluding hydrogens is 342 g/mol. The van der Waals surface area contributed by atoms with Gasteiger partial charge in [0.15, 0.2) is 23.0 Å². The Hall–Kier alpha value is -2.11. The first-order valence-electron chi connectivity index (χ1n) is 8.24. The average molecular weight is 362 g/mol. The Labute approximate surface area is 151 Å². The van der Waals surface area contributed by atoms with E-state index in [1.165, 1.54) is 5.56 Å². The summed E-state index contributed by atoms with van der Waals surface area (Å²) >= 11 is 6.41. The topological polar surface area (TPSA) is 62.2 Å². The van der Waals surface area contributed by atoms with Crippen LogP contribution >= 0.6 is 11.6 Å². The molecule has 2 aromatic rings. The molecule has 0 spiro atoms. The van der Waals surface area contributed by atoms with E-state index in [1.807, 2.05) is 12.1 Å². The van der Waals surface area contributed by atoms with Gasteiger partial charge in [-0.2, -0.15) is 0 Å². The molecule has 5 nitrogen and oxygen atoms in total. The predicted octanol–water partition coefficient (Wildman–Crippen LogP) is 3.42. The minimum atomic E-state index is 0.0736. The lowest BCUT2D eigenvalue weighted by Gasteiger charge is -2.42. The van der Waals surface area contributed by atoms with E-state index in [4.69, 9.17) is 21.1 Å². The van der Waals surface area contributed by atoms with E-state index in [2.05, 4.69) is 4.90 Å². The van der Waals surface area contributed by atoms with Gasteiger partial charge in [-0.05, 0) is 41.7 Å². The lowest BCUT2D eigenvalue weighted by atomic mass is 9.83. The first-order chi connectivity index (χ1) is 12.0. The summed E-state index contributed by atoms with van der Waals surface area (Å²) in [6.45, 7) is 1.55. The highest BCUT2D eigenvalue weighted by Gasteiger charge is 2.35. The molecule has 1 atom stereocenters. The van der Waals surface area contributed by atoms with E-state index in [1.54, 1.807) is 20.3 Å². The summed E-state index contributed by atoms with van der Waals surface area (Å²) < 4.78 is 10.6. The van der Waals surface area contributed by atoms with Crippen LogP contribution in [-0.4, -0.2) is 35.9 Å². The van der Waals surface area contributed by atoms with Gasteiger partial charge < -0.3 is 19.7 Å². The maximum Gasteiger partial charge on any atom is 0.165 e. The highest BCUT2D eigenvalue weighted by Crippen LogP contribution is 2.47. The van der Waals surface area contributed by atoms with Gasteiger partial charge in [-0.25, -0.2) is 0 Å². The van der Waals surface area contributed by atoms with Crippen LogP contribution in [0.1, 0.15) is 28.3 Å². The molecule has 0 aliphatic carbocycles. The van der Waals surface area contributed by atoms with Gasteiger partial charge in [0.1, 0.15) is 0 Å². The van der Waals surface area contributed by atoms with Crippen LogP contribution in [0.4, 0.5) is 0 Å². The van der Waals surface area contributed by atoms with Gasteiger partial charge in [0.05, 0.1) is 14.2 Å². The number of methoxy groups -OCH3 is 2. The van der Waals surface area contributed by atoms with E-state index in [0.717, 1.165) is 29.7 Å². The maximum atomic E-state index is 10.2. The van der Waals surface area contributed by atoms with Crippen molar-refractivity contribution in [3.8, 4) is 23.0 Å². The predicted molar refractivity (Wildman–Crippen MR) is 94.9 cm³/mol. The summed E-state index contributed by atoms with van der Waals surface area (Å²) in [5, 5.41) is 20.9. The van der Waals surface area contributed by atoms with Gasteiger partial charge in [0.25, 0.3) is 0 Å². The Morgan fingerprint density at radius 3 is 2.60 bits per heavy atom. The van der Waals surface area contributed by atoms with Crippen molar-refractivity contribution in [2.75, 3.05) is 20.8 Å². The number of fused-ring (bicyclic) bond motifs is 4. The highest BCUT2D eigenvalue weighted by atomic mass is 35.5. The Morgan fingerprint density at radius 1 is 1.08 bits per heavy atom. The van der Waals surface area contributed by atoms with Crippen LogP contribution in [0.25, 0.3) is 0 Å². The quantitative estimate of drug-likeness (QED) is 0.858. The summed E-state index contributed by atoms with van der Waals surface area (Å²) in [5.74, 6) is 1.24. The van der Waals surface area contributed by atoms with Crippen LogP contribution in [0.15, 0.2) is 18.2 Å². The molecule has 0 fully saturated rings. The van der Waals surface area contributed by atoms with Crippen LogP contribution in [0.5, 0.6) is 23.0 Å². The molecule has 0 bridgehead atoms. The fourth-order valence-corrected chi connectivity index (χ4v) is 4.38. The van der Waals surface area contributed by atoms with Crippen molar-refractivity contribution in [1.29, 1.82) is 0 Å². The minimum Gasteiger partial charge on any atom is -0.504 e. The van der Waals surface area contributed by atoms with Crippen LogP contribution in [0, 0.1) is 0 Å². The molecule has 4 rings (SSSR count). The third-order valence-corrected chi connectivity index (χ3v) is 5.63. The third-order valence-electron chi connectivity index (χ3n) is 5.29. The summed E-state index contributed by atoms with van der Waals surface area (Å²) in [5.41, 5.74) is 4.25. The highest BCUT2D eigenvalue weighted by molar-refractivity contribution is 6.31. The number of phenolic OH excluding ortho intramolecular Hbond substituents is 2. The molecule has 132 valence electrons. The van der Waals surface area contributed by atoms with Crippen molar-refractivity contribution in [3.05, 3.63) is 45.5 Å².